The summed E-state index contributed by atoms with van der Waals surface area (Å²) in [5.41, 5.74) is 0. The van der Waals surface area contributed by atoms with Crippen LogP contribution in [0.15, 0.2) is 0 Å². The third kappa shape index (κ3) is 45.5. The Balaban J connectivity index is 4.25. The van der Waals surface area contributed by atoms with E-state index in [0.717, 1.165) is 69.6 Å². The van der Waals surface area contributed by atoms with Gasteiger partial charge in [-0.05, 0) is 31.1 Å². The number of unbranched alkanes of at least 4 members (excludes halogenated alkanes) is 31. The van der Waals surface area contributed by atoms with Crippen molar-refractivity contribution in [1.82, 2.24) is 0 Å². The Morgan fingerprint density at radius 1 is 0.328 bits per heavy atom. The van der Waals surface area contributed by atoms with Crippen LogP contribution >= 0.6 is 0 Å². The summed E-state index contributed by atoms with van der Waals surface area (Å²) in [6, 6.07) is 0. The SMILES string of the molecule is CCCCCCCCCCCCCCC(=O)O[C@@H](COC(=O)CCCCCCCCCCCCCCCCCC(C)C)COC(=O)CCCCCCCCCC(C)C. The number of esters is 3. The summed E-state index contributed by atoms with van der Waals surface area (Å²) in [5.74, 6) is 0.779. The smallest absolute Gasteiger partial charge is 0.306 e. The van der Waals surface area contributed by atoms with E-state index < -0.39 is 6.10 Å². The maximum Gasteiger partial charge on any atom is 0.306 e. The molecule has 6 heteroatoms. The number of carbonyl (C=O) groups excluding carboxylic acids is 3. The van der Waals surface area contributed by atoms with Gasteiger partial charge in [-0.15, -0.1) is 0 Å². The average molecular weight is 821 g/mol. The summed E-state index contributed by atoms with van der Waals surface area (Å²) < 4.78 is 16.8. The highest BCUT2D eigenvalue weighted by molar-refractivity contribution is 5.71. The zero-order chi connectivity index (χ0) is 42.6. The fourth-order valence-electron chi connectivity index (χ4n) is 7.81. The minimum atomic E-state index is -0.761. The Bertz CT molecular complexity index is 885. The largest absolute Gasteiger partial charge is 0.462 e. The molecule has 58 heavy (non-hydrogen) atoms. The second-order valence-electron chi connectivity index (χ2n) is 18.8. The highest BCUT2D eigenvalue weighted by Gasteiger charge is 2.19. The summed E-state index contributed by atoms with van der Waals surface area (Å²) >= 11 is 0. The molecule has 1 atom stereocenters. The van der Waals surface area contributed by atoms with Gasteiger partial charge in [0, 0.05) is 19.3 Å². The molecule has 0 spiro atoms. The number of hydrogen-bond donors (Lipinski definition) is 0. The first-order chi connectivity index (χ1) is 28.2. The van der Waals surface area contributed by atoms with Gasteiger partial charge in [0.1, 0.15) is 13.2 Å². The third-order valence-corrected chi connectivity index (χ3v) is 11.7. The van der Waals surface area contributed by atoms with Crippen LogP contribution in [0.25, 0.3) is 0 Å². The summed E-state index contributed by atoms with van der Waals surface area (Å²) in [7, 11) is 0. The molecule has 0 aromatic heterocycles. The molecule has 0 radical (unpaired) electrons. The molecule has 0 aliphatic heterocycles. The van der Waals surface area contributed by atoms with Crippen molar-refractivity contribution < 1.29 is 28.6 Å². The van der Waals surface area contributed by atoms with Gasteiger partial charge >= 0.3 is 17.9 Å². The lowest BCUT2D eigenvalue weighted by Crippen LogP contribution is -2.30. The van der Waals surface area contributed by atoms with Gasteiger partial charge in [0.25, 0.3) is 0 Å². The van der Waals surface area contributed by atoms with Crippen LogP contribution in [0.2, 0.25) is 0 Å². The quantitative estimate of drug-likeness (QED) is 0.0346. The molecule has 0 aromatic carbocycles. The van der Waals surface area contributed by atoms with Crippen molar-refractivity contribution in [3.8, 4) is 0 Å². The van der Waals surface area contributed by atoms with Crippen LogP contribution < -0.4 is 0 Å². The molecule has 0 amide bonds. The van der Waals surface area contributed by atoms with Crippen molar-refractivity contribution in [3.05, 3.63) is 0 Å². The first kappa shape index (κ1) is 56.4. The molecule has 0 fully saturated rings. The van der Waals surface area contributed by atoms with E-state index in [1.807, 2.05) is 0 Å². The van der Waals surface area contributed by atoms with E-state index in [2.05, 4.69) is 34.6 Å². The molecule has 0 aromatic rings. The molecular formula is C52H100O6. The van der Waals surface area contributed by atoms with Gasteiger partial charge in [-0.2, -0.15) is 0 Å². The van der Waals surface area contributed by atoms with E-state index >= 15 is 0 Å². The van der Waals surface area contributed by atoms with Crippen LogP contribution in [0, 0.1) is 11.8 Å². The van der Waals surface area contributed by atoms with Crippen LogP contribution in [0.3, 0.4) is 0 Å². The number of ether oxygens (including phenoxy) is 3. The summed E-state index contributed by atoms with van der Waals surface area (Å²) in [4.78, 5) is 37.9. The predicted molar refractivity (Wildman–Crippen MR) is 247 cm³/mol. The standard InChI is InChI=1S/C52H100O6/c1-6-7-8-9-10-11-12-19-23-28-34-39-44-52(55)58-49(46-57-51(54)43-38-33-29-24-26-31-36-41-48(4)5)45-56-50(53)42-37-32-27-22-20-17-15-13-14-16-18-21-25-30-35-40-47(2)3/h47-49H,6-46H2,1-5H3/t49-/m0/s1. The molecule has 0 bridgehead atoms. The Hall–Kier alpha value is -1.59. The molecule has 0 saturated carbocycles. The van der Waals surface area contributed by atoms with Crippen LogP contribution in [-0.4, -0.2) is 37.2 Å². The molecular weight excluding hydrogens is 721 g/mol. The zero-order valence-corrected chi connectivity index (χ0v) is 39.7. The molecule has 0 rings (SSSR count). The first-order valence-corrected chi connectivity index (χ1v) is 25.7. The van der Waals surface area contributed by atoms with Crippen molar-refractivity contribution in [2.75, 3.05) is 13.2 Å². The Labute approximate surface area is 361 Å². The molecule has 0 heterocycles. The molecule has 6 nitrogen and oxygen atoms in total. The van der Waals surface area contributed by atoms with Crippen molar-refractivity contribution in [2.45, 2.75) is 291 Å². The van der Waals surface area contributed by atoms with Gasteiger partial charge in [-0.3, -0.25) is 14.4 Å². The highest BCUT2D eigenvalue weighted by Crippen LogP contribution is 2.17. The molecule has 0 aliphatic carbocycles. The van der Waals surface area contributed by atoms with Crippen LogP contribution in [0.1, 0.15) is 285 Å². The number of carbonyl (C=O) groups is 3. The van der Waals surface area contributed by atoms with Crippen LogP contribution in [0.5, 0.6) is 0 Å². The predicted octanol–water partition coefficient (Wildman–Crippen LogP) is 16.5. The van der Waals surface area contributed by atoms with Crippen molar-refractivity contribution in [3.63, 3.8) is 0 Å². The van der Waals surface area contributed by atoms with Gasteiger partial charge in [0.2, 0.25) is 0 Å². The monoisotopic (exact) mass is 821 g/mol. The lowest BCUT2D eigenvalue weighted by Gasteiger charge is -2.18. The van der Waals surface area contributed by atoms with Crippen LogP contribution in [0.4, 0.5) is 0 Å². The van der Waals surface area contributed by atoms with Crippen molar-refractivity contribution >= 4 is 17.9 Å². The maximum absolute atomic E-state index is 12.7. The normalized spacial score (nSPS) is 12.1. The number of hydrogen-bond acceptors (Lipinski definition) is 6. The van der Waals surface area contributed by atoms with E-state index in [1.54, 1.807) is 0 Å². The fourth-order valence-corrected chi connectivity index (χ4v) is 7.81. The second-order valence-corrected chi connectivity index (χ2v) is 18.8. The van der Waals surface area contributed by atoms with Gasteiger partial charge in [-0.25, -0.2) is 0 Å². The Morgan fingerprint density at radius 2 is 0.569 bits per heavy atom. The fraction of sp³-hybridized carbons (Fsp3) is 0.942. The molecule has 344 valence electrons. The van der Waals surface area contributed by atoms with E-state index in [0.29, 0.717) is 19.3 Å². The van der Waals surface area contributed by atoms with Crippen molar-refractivity contribution in [1.29, 1.82) is 0 Å². The molecule has 0 N–H and O–H groups in total. The van der Waals surface area contributed by atoms with Gasteiger partial charge in [0.05, 0.1) is 0 Å². The maximum atomic E-state index is 12.7. The van der Waals surface area contributed by atoms with E-state index in [-0.39, 0.29) is 31.1 Å². The van der Waals surface area contributed by atoms with Gasteiger partial charge in [0.15, 0.2) is 6.10 Å². The number of rotatable bonds is 46. The zero-order valence-electron chi connectivity index (χ0n) is 39.7. The Morgan fingerprint density at radius 3 is 0.845 bits per heavy atom. The van der Waals surface area contributed by atoms with Gasteiger partial charge in [-0.1, -0.05) is 247 Å². The Kier molecular flexibility index (Phi) is 43.7. The van der Waals surface area contributed by atoms with Gasteiger partial charge < -0.3 is 14.2 Å². The highest BCUT2D eigenvalue weighted by atomic mass is 16.6. The van der Waals surface area contributed by atoms with Crippen molar-refractivity contribution in [2.24, 2.45) is 11.8 Å². The molecule has 0 unspecified atom stereocenters. The minimum Gasteiger partial charge on any atom is -0.462 e. The van der Waals surface area contributed by atoms with E-state index in [1.165, 1.54) is 173 Å². The second kappa shape index (κ2) is 44.9. The van der Waals surface area contributed by atoms with E-state index in [9.17, 15) is 14.4 Å². The summed E-state index contributed by atoms with van der Waals surface area (Å²) in [5, 5.41) is 0. The lowest BCUT2D eigenvalue weighted by atomic mass is 10.0. The third-order valence-electron chi connectivity index (χ3n) is 11.7. The molecule has 0 aliphatic rings. The average Bonchev–Trinajstić information content (AvgIpc) is 3.19. The summed E-state index contributed by atoms with van der Waals surface area (Å²) in [6.45, 7) is 11.3. The topological polar surface area (TPSA) is 78.9 Å². The minimum absolute atomic E-state index is 0.0641. The molecule has 0 saturated heterocycles. The lowest BCUT2D eigenvalue weighted by molar-refractivity contribution is -0.167. The summed E-state index contributed by atoms with van der Waals surface area (Å²) in [6.07, 6.45) is 45.2. The first-order valence-electron chi connectivity index (χ1n) is 25.7. The van der Waals surface area contributed by atoms with Crippen LogP contribution in [-0.2, 0) is 28.6 Å². The van der Waals surface area contributed by atoms with E-state index in [4.69, 9.17) is 14.2 Å².